The molecule has 33 heavy (non-hydrogen) atoms. The fourth-order valence-corrected chi connectivity index (χ4v) is 4.39. The summed E-state index contributed by atoms with van der Waals surface area (Å²) in [6.07, 6.45) is 2.49. The van der Waals surface area contributed by atoms with Crippen LogP contribution in [0.15, 0.2) is 54.7 Å². The second-order valence-electron chi connectivity index (χ2n) is 8.37. The quantitative estimate of drug-likeness (QED) is 0.645. The molecule has 1 saturated heterocycles. The Bertz CT molecular complexity index is 1150. The van der Waals surface area contributed by atoms with Crippen LogP contribution in [-0.2, 0) is 6.42 Å². The van der Waals surface area contributed by atoms with Crippen molar-refractivity contribution >= 4 is 11.9 Å². The SMILES string of the molecule is C[C@H](c1ccc(F)cc1)N1CCN(c2nccc(Oc3ccc4c(c3)CCNC4=O)n2)CC1. The van der Waals surface area contributed by atoms with E-state index in [1.165, 1.54) is 12.1 Å². The van der Waals surface area contributed by atoms with E-state index in [9.17, 15) is 9.18 Å². The molecule has 1 amide bonds. The number of rotatable bonds is 5. The van der Waals surface area contributed by atoms with E-state index >= 15 is 0 Å². The summed E-state index contributed by atoms with van der Waals surface area (Å²) in [7, 11) is 0. The Kier molecular flexibility index (Phi) is 5.92. The van der Waals surface area contributed by atoms with Gasteiger partial charge in [-0.15, -0.1) is 0 Å². The van der Waals surface area contributed by atoms with Crippen molar-refractivity contribution in [1.29, 1.82) is 0 Å². The summed E-state index contributed by atoms with van der Waals surface area (Å²) in [4.78, 5) is 25.5. The van der Waals surface area contributed by atoms with Crippen LogP contribution < -0.4 is 15.0 Å². The van der Waals surface area contributed by atoms with E-state index in [0.29, 0.717) is 29.7 Å². The second-order valence-corrected chi connectivity index (χ2v) is 8.37. The smallest absolute Gasteiger partial charge is 0.251 e. The number of nitrogens with one attached hydrogen (secondary N) is 1. The normalized spacial score (nSPS) is 17.3. The lowest BCUT2D eigenvalue weighted by molar-refractivity contribution is 0.0946. The fraction of sp³-hybridized carbons (Fsp3) is 0.320. The molecule has 1 fully saturated rings. The highest BCUT2D eigenvalue weighted by Crippen LogP contribution is 2.27. The molecule has 0 aliphatic carbocycles. The Morgan fingerprint density at radius 3 is 2.64 bits per heavy atom. The van der Waals surface area contributed by atoms with Crippen LogP contribution in [0.5, 0.6) is 11.6 Å². The molecule has 3 heterocycles. The lowest BCUT2D eigenvalue weighted by atomic mass is 10.0. The first-order chi connectivity index (χ1) is 16.1. The van der Waals surface area contributed by atoms with Gasteiger partial charge in [0, 0.05) is 56.6 Å². The van der Waals surface area contributed by atoms with Gasteiger partial charge in [-0.1, -0.05) is 12.1 Å². The van der Waals surface area contributed by atoms with E-state index in [0.717, 1.165) is 43.7 Å². The Hall–Kier alpha value is -3.52. The van der Waals surface area contributed by atoms with E-state index in [1.54, 1.807) is 24.4 Å². The first-order valence-corrected chi connectivity index (χ1v) is 11.2. The van der Waals surface area contributed by atoms with Gasteiger partial charge in [0.2, 0.25) is 11.8 Å². The summed E-state index contributed by atoms with van der Waals surface area (Å²) < 4.78 is 19.2. The predicted molar refractivity (Wildman–Crippen MR) is 123 cm³/mol. The molecule has 170 valence electrons. The zero-order chi connectivity index (χ0) is 22.8. The van der Waals surface area contributed by atoms with Crippen molar-refractivity contribution in [2.45, 2.75) is 19.4 Å². The number of benzene rings is 2. The van der Waals surface area contributed by atoms with Crippen molar-refractivity contribution in [3.63, 3.8) is 0 Å². The average molecular weight is 448 g/mol. The summed E-state index contributed by atoms with van der Waals surface area (Å²) in [5.41, 5.74) is 2.79. The first-order valence-electron chi connectivity index (χ1n) is 11.2. The van der Waals surface area contributed by atoms with Crippen LogP contribution in [0.2, 0.25) is 0 Å². The molecular weight excluding hydrogens is 421 g/mol. The molecule has 1 N–H and O–H groups in total. The van der Waals surface area contributed by atoms with Crippen LogP contribution in [0.25, 0.3) is 0 Å². The molecule has 0 bridgehead atoms. The molecule has 2 aliphatic heterocycles. The summed E-state index contributed by atoms with van der Waals surface area (Å²) >= 11 is 0. The largest absolute Gasteiger partial charge is 0.439 e. The minimum Gasteiger partial charge on any atom is -0.439 e. The molecule has 5 rings (SSSR count). The number of amides is 1. The monoisotopic (exact) mass is 447 g/mol. The van der Waals surface area contributed by atoms with Gasteiger partial charge in [-0.05, 0) is 54.8 Å². The van der Waals surface area contributed by atoms with E-state index in [1.807, 2.05) is 18.2 Å². The standard InChI is InChI=1S/C25H26FN5O2/c1-17(18-2-4-20(26)5-3-18)30-12-14-31(15-13-30)25-28-11-9-23(29-25)33-21-6-7-22-19(16-21)8-10-27-24(22)32/h2-7,9,11,16-17H,8,10,12-15H2,1H3,(H,27,32)/t17-/m1/s1. The Morgan fingerprint density at radius 1 is 1.06 bits per heavy atom. The number of hydrogen-bond donors (Lipinski definition) is 1. The van der Waals surface area contributed by atoms with Crippen molar-refractivity contribution in [2.24, 2.45) is 0 Å². The van der Waals surface area contributed by atoms with Gasteiger partial charge in [-0.25, -0.2) is 9.37 Å². The maximum Gasteiger partial charge on any atom is 0.251 e. The van der Waals surface area contributed by atoms with Gasteiger partial charge in [0.1, 0.15) is 11.6 Å². The van der Waals surface area contributed by atoms with Crippen LogP contribution in [-0.4, -0.2) is 53.5 Å². The number of ether oxygens (including phenoxy) is 1. The summed E-state index contributed by atoms with van der Waals surface area (Å²) in [5.74, 6) is 1.52. The average Bonchev–Trinajstić information content (AvgIpc) is 2.84. The number of nitrogens with zero attached hydrogens (tertiary/aromatic N) is 4. The lowest BCUT2D eigenvalue weighted by Gasteiger charge is -2.38. The minimum absolute atomic E-state index is 0.0417. The minimum atomic E-state index is -0.212. The van der Waals surface area contributed by atoms with Crippen LogP contribution in [0.4, 0.5) is 10.3 Å². The Balaban J connectivity index is 1.23. The molecular formula is C25H26FN5O2. The highest BCUT2D eigenvalue weighted by atomic mass is 19.1. The van der Waals surface area contributed by atoms with E-state index in [4.69, 9.17) is 4.74 Å². The summed E-state index contributed by atoms with van der Waals surface area (Å²) in [5, 5.41) is 2.85. The van der Waals surface area contributed by atoms with Crippen molar-refractivity contribution in [3.8, 4) is 11.6 Å². The molecule has 2 aliphatic rings. The molecule has 0 saturated carbocycles. The molecule has 0 radical (unpaired) electrons. The fourth-order valence-electron chi connectivity index (χ4n) is 4.39. The summed E-state index contributed by atoms with van der Waals surface area (Å²) in [6, 6.07) is 14.2. The molecule has 3 aromatic rings. The van der Waals surface area contributed by atoms with Gasteiger partial charge in [0.15, 0.2) is 0 Å². The molecule has 0 unspecified atom stereocenters. The Labute approximate surface area is 192 Å². The zero-order valence-corrected chi connectivity index (χ0v) is 18.5. The highest BCUT2D eigenvalue weighted by Gasteiger charge is 2.24. The number of aromatic nitrogens is 2. The molecule has 7 nitrogen and oxygen atoms in total. The van der Waals surface area contributed by atoms with Crippen molar-refractivity contribution < 1.29 is 13.9 Å². The van der Waals surface area contributed by atoms with Crippen molar-refractivity contribution in [1.82, 2.24) is 20.2 Å². The van der Waals surface area contributed by atoms with Crippen LogP contribution in [0.3, 0.4) is 0 Å². The van der Waals surface area contributed by atoms with Gasteiger partial charge in [0.25, 0.3) is 5.91 Å². The number of carbonyl (C=O) groups is 1. The number of carbonyl (C=O) groups excluding carboxylic acids is 1. The molecule has 1 atom stereocenters. The third-order valence-electron chi connectivity index (χ3n) is 6.34. The lowest BCUT2D eigenvalue weighted by Crippen LogP contribution is -2.47. The van der Waals surface area contributed by atoms with Gasteiger partial charge in [0.05, 0.1) is 0 Å². The van der Waals surface area contributed by atoms with Crippen LogP contribution in [0, 0.1) is 5.82 Å². The van der Waals surface area contributed by atoms with Crippen molar-refractivity contribution in [3.05, 3.63) is 77.2 Å². The van der Waals surface area contributed by atoms with E-state index < -0.39 is 0 Å². The molecule has 2 aromatic carbocycles. The van der Waals surface area contributed by atoms with Gasteiger partial charge in [-0.3, -0.25) is 9.69 Å². The van der Waals surface area contributed by atoms with Crippen molar-refractivity contribution in [2.75, 3.05) is 37.6 Å². The molecule has 0 spiro atoms. The number of piperazine rings is 1. The zero-order valence-electron chi connectivity index (χ0n) is 18.5. The van der Waals surface area contributed by atoms with Crippen LogP contribution in [0.1, 0.15) is 34.5 Å². The maximum atomic E-state index is 13.2. The van der Waals surface area contributed by atoms with E-state index in [2.05, 4.69) is 32.0 Å². The van der Waals surface area contributed by atoms with Gasteiger partial charge < -0.3 is 15.0 Å². The maximum absolute atomic E-state index is 13.2. The second kappa shape index (κ2) is 9.15. The first kappa shape index (κ1) is 21.3. The number of halogens is 1. The predicted octanol–water partition coefficient (Wildman–Crippen LogP) is 3.58. The van der Waals surface area contributed by atoms with Gasteiger partial charge in [-0.2, -0.15) is 4.98 Å². The number of anilines is 1. The molecule has 1 aromatic heterocycles. The van der Waals surface area contributed by atoms with Gasteiger partial charge >= 0.3 is 0 Å². The highest BCUT2D eigenvalue weighted by molar-refractivity contribution is 5.96. The van der Waals surface area contributed by atoms with E-state index in [-0.39, 0.29) is 17.8 Å². The van der Waals surface area contributed by atoms with Crippen LogP contribution >= 0.6 is 0 Å². The third-order valence-corrected chi connectivity index (χ3v) is 6.34. The summed E-state index contributed by atoms with van der Waals surface area (Å²) in [6.45, 7) is 6.10. The Morgan fingerprint density at radius 2 is 1.85 bits per heavy atom. The topological polar surface area (TPSA) is 70.6 Å². The number of hydrogen-bond acceptors (Lipinski definition) is 6. The number of fused-ring (bicyclic) bond motifs is 1. The third kappa shape index (κ3) is 4.66. The molecule has 8 heteroatoms.